The Bertz CT molecular complexity index is 1030. The predicted octanol–water partition coefficient (Wildman–Crippen LogP) is 3.76. The third-order valence-corrected chi connectivity index (χ3v) is 4.90. The quantitative estimate of drug-likeness (QED) is 0.742. The van der Waals surface area contributed by atoms with Crippen LogP contribution in [0.3, 0.4) is 0 Å². The normalized spacial score (nSPS) is 15.9. The van der Waals surface area contributed by atoms with E-state index in [0.717, 1.165) is 5.56 Å². The lowest BCUT2D eigenvalue weighted by Gasteiger charge is -2.24. The van der Waals surface area contributed by atoms with Gasteiger partial charge in [0.05, 0.1) is 5.92 Å². The molecular weight excluding hydrogens is 343 g/mol. The zero-order valence-electron chi connectivity index (χ0n) is 14.7. The van der Waals surface area contributed by atoms with E-state index >= 15 is 0 Å². The van der Waals surface area contributed by atoms with Crippen LogP contribution in [0.15, 0.2) is 60.7 Å². The molecule has 136 valence electrons. The van der Waals surface area contributed by atoms with Gasteiger partial charge in [0, 0.05) is 18.7 Å². The third-order valence-electron chi connectivity index (χ3n) is 4.90. The van der Waals surface area contributed by atoms with E-state index in [4.69, 9.17) is 0 Å². The molecule has 1 atom stereocenters. The molecule has 4 rings (SSSR count). The van der Waals surface area contributed by atoms with Crippen LogP contribution in [0.1, 0.15) is 23.5 Å². The highest BCUT2D eigenvalue weighted by Crippen LogP contribution is 2.32. The highest BCUT2D eigenvalue weighted by atomic mass is 19.1. The van der Waals surface area contributed by atoms with Crippen LogP contribution in [0.4, 0.5) is 10.1 Å². The first-order valence-electron chi connectivity index (χ1n) is 8.95. The first-order valence-corrected chi connectivity index (χ1v) is 8.95. The molecule has 5 heteroatoms. The molecule has 0 aromatic heterocycles. The smallest absolute Gasteiger partial charge is 0.228 e. The standard InChI is InChI=1S/C22H19FN2O2/c23-17-7-8-18-19(13-21(26)25-20(18)12-17)22(27)24-10-9-14-5-6-15-3-1-2-4-16(15)11-14/h1-8,11-12,19H,9-10,13H2,(H,24,27)(H,25,26). The molecule has 3 aromatic rings. The topological polar surface area (TPSA) is 58.2 Å². The Kier molecular flexibility index (Phi) is 4.59. The van der Waals surface area contributed by atoms with Crippen LogP contribution < -0.4 is 10.6 Å². The molecular formula is C22H19FN2O2. The Morgan fingerprint density at radius 1 is 1.07 bits per heavy atom. The van der Waals surface area contributed by atoms with Crippen molar-refractivity contribution in [2.24, 2.45) is 0 Å². The Balaban J connectivity index is 1.42. The van der Waals surface area contributed by atoms with Crippen LogP contribution in [0.2, 0.25) is 0 Å². The van der Waals surface area contributed by atoms with Crippen LogP contribution in [-0.4, -0.2) is 18.4 Å². The molecule has 0 bridgehead atoms. The average molecular weight is 362 g/mol. The molecule has 1 aliphatic rings. The van der Waals surface area contributed by atoms with E-state index in [1.54, 1.807) is 6.07 Å². The minimum atomic E-state index is -0.592. The maximum Gasteiger partial charge on any atom is 0.228 e. The van der Waals surface area contributed by atoms with Gasteiger partial charge in [0.15, 0.2) is 0 Å². The first kappa shape index (κ1) is 17.2. The molecule has 27 heavy (non-hydrogen) atoms. The van der Waals surface area contributed by atoms with Gasteiger partial charge in [-0.2, -0.15) is 0 Å². The van der Waals surface area contributed by atoms with Crippen LogP contribution in [-0.2, 0) is 16.0 Å². The van der Waals surface area contributed by atoms with E-state index in [0.29, 0.717) is 24.2 Å². The van der Waals surface area contributed by atoms with E-state index in [2.05, 4.69) is 41.0 Å². The molecule has 0 fully saturated rings. The summed E-state index contributed by atoms with van der Waals surface area (Å²) in [5, 5.41) is 7.89. The fourth-order valence-electron chi connectivity index (χ4n) is 3.52. The van der Waals surface area contributed by atoms with Crippen molar-refractivity contribution >= 4 is 28.3 Å². The molecule has 0 saturated heterocycles. The van der Waals surface area contributed by atoms with Crippen LogP contribution in [0, 0.1) is 5.82 Å². The molecule has 4 nitrogen and oxygen atoms in total. The van der Waals surface area contributed by atoms with Crippen molar-refractivity contribution in [3.05, 3.63) is 77.6 Å². The van der Waals surface area contributed by atoms with Gasteiger partial charge in [0.1, 0.15) is 5.82 Å². The van der Waals surface area contributed by atoms with Gasteiger partial charge in [-0.25, -0.2) is 4.39 Å². The van der Waals surface area contributed by atoms with Gasteiger partial charge in [0.25, 0.3) is 0 Å². The molecule has 0 saturated carbocycles. The van der Waals surface area contributed by atoms with Crippen LogP contribution in [0.5, 0.6) is 0 Å². The molecule has 1 unspecified atom stereocenters. The molecule has 0 radical (unpaired) electrons. The van der Waals surface area contributed by atoms with E-state index in [1.807, 2.05) is 12.1 Å². The summed E-state index contributed by atoms with van der Waals surface area (Å²) in [5.74, 6) is -1.52. The van der Waals surface area contributed by atoms with Gasteiger partial charge in [0.2, 0.25) is 11.8 Å². The lowest BCUT2D eigenvalue weighted by atomic mass is 9.89. The second-order valence-electron chi connectivity index (χ2n) is 6.76. The third kappa shape index (κ3) is 3.67. The molecule has 0 spiro atoms. The Labute approximate surface area is 156 Å². The molecule has 2 N–H and O–H groups in total. The van der Waals surface area contributed by atoms with Crippen molar-refractivity contribution in [3.8, 4) is 0 Å². The monoisotopic (exact) mass is 362 g/mol. The molecule has 3 aromatic carbocycles. The molecule has 1 heterocycles. The number of carbonyl (C=O) groups excluding carboxylic acids is 2. The molecule has 0 aliphatic carbocycles. The van der Waals surface area contributed by atoms with Crippen LogP contribution >= 0.6 is 0 Å². The predicted molar refractivity (Wildman–Crippen MR) is 103 cm³/mol. The summed E-state index contributed by atoms with van der Waals surface area (Å²) < 4.78 is 13.4. The van der Waals surface area contributed by atoms with Gasteiger partial charge in [-0.3, -0.25) is 9.59 Å². The second kappa shape index (κ2) is 7.19. The molecule has 1 aliphatic heterocycles. The van der Waals surface area contributed by atoms with Crippen molar-refractivity contribution in [1.82, 2.24) is 5.32 Å². The van der Waals surface area contributed by atoms with Gasteiger partial charge in [-0.05, 0) is 40.5 Å². The summed E-state index contributed by atoms with van der Waals surface area (Å²) >= 11 is 0. The summed E-state index contributed by atoms with van der Waals surface area (Å²) in [6.07, 6.45) is 0.770. The number of hydrogen-bond donors (Lipinski definition) is 2. The van der Waals surface area contributed by atoms with Crippen molar-refractivity contribution in [2.75, 3.05) is 11.9 Å². The van der Waals surface area contributed by atoms with Gasteiger partial charge < -0.3 is 10.6 Å². The van der Waals surface area contributed by atoms with Crippen molar-refractivity contribution in [1.29, 1.82) is 0 Å². The number of carbonyl (C=O) groups is 2. The number of benzene rings is 3. The Morgan fingerprint density at radius 2 is 1.89 bits per heavy atom. The van der Waals surface area contributed by atoms with Crippen molar-refractivity contribution in [2.45, 2.75) is 18.8 Å². The summed E-state index contributed by atoms with van der Waals surface area (Å²) in [7, 11) is 0. The first-order chi connectivity index (χ1) is 13.1. The van der Waals surface area contributed by atoms with E-state index < -0.39 is 11.7 Å². The SMILES string of the molecule is O=C1CC(C(=O)NCCc2ccc3ccccc3c2)c2ccc(F)cc2N1. The zero-order valence-corrected chi connectivity index (χ0v) is 14.7. The summed E-state index contributed by atoms with van der Waals surface area (Å²) in [6, 6.07) is 18.5. The number of amides is 2. The van der Waals surface area contributed by atoms with E-state index in [-0.39, 0.29) is 18.2 Å². The number of nitrogens with one attached hydrogen (secondary N) is 2. The maximum absolute atomic E-state index is 13.4. The summed E-state index contributed by atoms with van der Waals surface area (Å²) in [5.41, 5.74) is 2.16. The van der Waals surface area contributed by atoms with Gasteiger partial charge >= 0.3 is 0 Å². The minimum Gasteiger partial charge on any atom is -0.355 e. The number of hydrogen-bond acceptors (Lipinski definition) is 2. The summed E-state index contributed by atoms with van der Waals surface area (Å²) in [6.45, 7) is 0.478. The van der Waals surface area contributed by atoms with Crippen molar-refractivity contribution in [3.63, 3.8) is 0 Å². The van der Waals surface area contributed by atoms with Crippen LogP contribution in [0.25, 0.3) is 10.8 Å². The fourth-order valence-corrected chi connectivity index (χ4v) is 3.52. The number of fused-ring (bicyclic) bond motifs is 2. The van der Waals surface area contributed by atoms with Crippen molar-refractivity contribution < 1.29 is 14.0 Å². The maximum atomic E-state index is 13.4. The number of anilines is 1. The average Bonchev–Trinajstić information content (AvgIpc) is 2.66. The lowest BCUT2D eigenvalue weighted by Crippen LogP contribution is -2.36. The number of rotatable bonds is 4. The largest absolute Gasteiger partial charge is 0.355 e. The zero-order chi connectivity index (χ0) is 18.8. The Morgan fingerprint density at radius 3 is 2.74 bits per heavy atom. The summed E-state index contributed by atoms with van der Waals surface area (Å²) in [4.78, 5) is 24.5. The van der Waals surface area contributed by atoms with E-state index in [1.165, 1.54) is 22.9 Å². The second-order valence-corrected chi connectivity index (χ2v) is 6.76. The highest BCUT2D eigenvalue weighted by Gasteiger charge is 2.30. The van der Waals surface area contributed by atoms with Gasteiger partial charge in [-0.1, -0.05) is 48.5 Å². The van der Waals surface area contributed by atoms with Gasteiger partial charge in [-0.15, -0.1) is 0 Å². The Hall–Kier alpha value is -3.21. The highest BCUT2D eigenvalue weighted by molar-refractivity contribution is 6.01. The minimum absolute atomic E-state index is 0.0699. The molecule has 2 amide bonds. The number of halogens is 1. The lowest BCUT2D eigenvalue weighted by molar-refractivity contribution is -0.126. The van der Waals surface area contributed by atoms with E-state index in [9.17, 15) is 14.0 Å². The fraction of sp³-hybridized carbons (Fsp3) is 0.182.